The Bertz CT molecular complexity index is 479. The molecule has 1 unspecified atom stereocenters. The zero-order chi connectivity index (χ0) is 13.3. The average Bonchev–Trinajstić information content (AvgIpc) is 3.25. The second-order valence-corrected chi connectivity index (χ2v) is 5.91. The smallest absolute Gasteiger partial charge is 0.241 e. The lowest BCUT2D eigenvalue weighted by Crippen LogP contribution is -2.43. The minimum absolute atomic E-state index is 0.131. The van der Waals surface area contributed by atoms with Gasteiger partial charge in [-0.05, 0) is 42.2 Å². The summed E-state index contributed by atoms with van der Waals surface area (Å²) in [5.41, 5.74) is 2.86. The summed E-state index contributed by atoms with van der Waals surface area (Å²) in [4.78, 5) is 12.4. The largest absolute Gasteiger partial charge is 0.354 e. The van der Waals surface area contributed by atoms with Gasteiger partial charge in [0.1, 0.15) is 6.04 Å². The number of nitrogens with one attached hydrogen (secondary N) is 2. The molecule has 1 aliphatic carbocycles. The number of fused-ring (bicyclic) bond motifs is 1. The van der Waals surface area contributed by atoms with E-state index >= 15 is 0 Å². The Morgan fingerprint density at radius 2 is 2.21 bits per heavy atom. The second kappa shape index (κ2) is 4.97. The lowest BCUT2D eigenvalue weighted by Gasteiger charge is -2.26. The Morgan fingerprint density at radius 3 is 2.95 bits per heavy atom. The summed E-state index contributed by atoms with van der Waals surface area (Å²) < 4.78 is 0. The maximum atomic E-state index is 12.4. The highest BCUT2D eigenvalue weighted by atomic mass is 16.2. The Balaban J connectivity index is 1.67. The Kier molecular flexibility index (Phi) is 3.31. The third kappa shape index (κ3) is 2.52. The third-order valence-electron chi connectivity index (χ3n) is 4.72. The lowest BCUT2D eigenvalue weighted by molar-refractivity contribution is -0.123. The van der Waals surface area contributed by atoms with Crippen molar-refractivity contribution < 1.29 is 4.79 Å². The maximum Gasteiger partial charge on any atom is 0.241 e. The van der Waals surface area contributed by atoms with Crippen LogP contribution in [0.4, 0.5) is 0 Å². The number of rotatable bonds is 4. The molecule has 102 valence electrons. The van der Waals surface area contributed by atoms with E-state index in [9.17, 15) is 4.79 Å². The molecule has 0 radical (unpaired) electrons. The van der Waals surface area contributed by atoms with Gasteiger partial charge < -0.3 is 10.6 Å². The van der Waals surface area contributed by atoms with Crippen molar-refractivity contribution in [2.45, 2.75) is 38.6 Å². The van der Waals surface area contributed by atoms with Crippen molar-refractivity contribution in [2.75, 3.05) is 13.1 Å². The summed E-state index contributed by atoms with van der Waals surface area (Å²) in [7, 11) is 0. The molecule has 2 N–H and O–H groups in total. The highest BCUT2D eigenvalue weighted by Crippen LogP contribution is 2.47. The minimum atomic E-state index is -0.169. The highest BCUT2D eigenvalue weighted by Gasteiger charge is 2.41. The van der Waals surface area contributed by atoms with Crippen LogP contribution in [0.2, 0.25) is 0 Å². The van der Waals surface area contributed by atoms with E-state index in [2.05, 4.69) is 35.8 Å². The molecular formula is C16H22N2O. The van der Waals surface area contributed by atoms with E-state index in [-0.39, 0.29) is 11.9 Å². The van der Waals surface area contributed by atoms with Crippen LogP contribution in [0, 0.1) is 5.41 Å². The number of benzene rings is 1. The van der Waals surface area contributed by atoms with E-state index in [0.717, 1.165) is 25.1 Å². The molecular weight excluding hydrogens is 236 g/mol. The molecule has 1 atom stereocenters. The van der Waals surface area contributed by atoms with Gasteiger partial charge in [-0.25, -0.2) is 0 Å². The van der Waals surface area contributed by atoms with Crippen LogP contribution in [0.5, 0.6) is 0 Å². The van der Waals surface area contributed by atoms with Crippen LogP contribution in [0.3, 0.4) is 0 Å². The SMILES string of the molecule is CCC1(CNC(=O)C2NCCc3ccccc32)CC1. The van der Waals surface area contributed by atoms with E-state index in [4.69, 9.17) is 0 Å². The van der Waals surface area contributed by atoms with Crippen LogP contribution in [0.25, 0.3) is 0 Å². The van der Waals surface area contributed by atoms with E-state index in [0.29, 0.717) is 5.41 Å². The normalized spacial score (nSPS) is 23.5. The van der Waals surface area contributed by atoms with Crippen molar-refractivity contribution >= 4 is 5.91 Å². The molecule has 3 heteroatoms. The molecule has 1 aromatic rings. The van der Waals surface area contributed by atoms with Gasteiger partial charge in [-0.2, -0.15) is 0 Å². The quantitative estimate of drug-likeness (QED) is 0.869. The average molecular weight is 258 g/mol. The van der Waals surface area contributed by atoms with Crippen molar-refractivity contribution in [2.24, 2.45) is 5.41 Å². The summed E-state index contributed by atoms with van der Waals surface area (Å²) in [5, 5.41) is 6.48. The van der Waals surface area contributed by atoms with Gasteiger partial charge in [-0.15, -0.1) is 0 Å². The third-order valence-corrected chi connectivity index (χ3v) is 4.72. The van der Waals surface area contributed by atoms with Crippen LogP contribution in [-0.4, -0.2) is 19.0 Å². The van der Waals surface area contributed by atoms with E-state index in [1.807, 2.05) is 6.07 Å². The first-order valence-corrected chi connectivity index (χ1v) is 7.33. The molecule has 0 spiro atoms. The van der Waals surface area contributed by atoms with Gasteiger partial charge in [0.25, 0.3) is 0 Å². The van der Waals surface area contributed by atoms with Gasteiger partial charge in [0.2, 0.25) is 5.91 Å². The first-order valence-electron chi connectivity index (χ1n) is 7.33. The molecule has 1 aromatic carbocycles. The minimum Gasteiger partial charge on any atom is -0.354 e. The lowest BCUT2D eigenvalue weighted by atomic mass is 9.93. The first-order chi connectivity index (χ1) is 9.24. The molecule has 2 aliphatic rings. The molecule has 19 heavy (non-hydrogen) atoms. The molecule has 1 heterocycles. The predicted molar refractivity (Wildman–Crippen MR) is 75.9 cm³/mol. The van der Waals surface area contributed by atoms with E-state index in [1.54, 1.807) is 0 Å². The van der Waals surface area contributed by atoms with Crippen molar-refractivity contribution in [1.29, 1.82) is 0 Å². The molecule has 1 fully saturated rings. The van der Waals surface area contributed by atoms with Gasteiger partial charge in [0, 0.05) is 13.1 Å². The predicted octanol–water partition coefficient (Wildman–Crippen LogP) is 2.18. The van der Waals surface area contributed by atoms with Crippen LogP contribution >= 0.6 is 0 Å². The summed E-state index contributed by atoms with van der Waals surface area (Å²) in [6, 6.07) is 8.09. The van der Waals surface area contributed by atoms with Crippen molar-refractivity contribution in [1.82, 2.24) is 10.6 Å². The van der Waals surface area contributed by atoms with Crippen LogP contribution in [-0.2, 0) is 11.2 Å². The number of carbonyl (C=O) groups is 1. The van der Waals surface area contributed by atoms with Crippen molar-refractivity contribution in [3.63, 3.8) is 0 Å². The standard InChI is InChI=1S/C16H22N2O/c1-2-16(8-9-16)11-18-15(19)14-13-6-4-3-5-12(13)7-10-17-14/h3-6,14,17H,2,7-11H2,1H3,(H,18,19). The van der Waals surface area contributed by atoms with Gasteiger partial charge in [0.05, 0.1) is 0 Å². The van der Waals surface area contributed by atoms with Crippen molar-refractivity contribution in [3.05, 3.63) is 35.4 Å². The topological polar surface area (TPSA) is 41.1 Å². The molecule has 0 aromatic heterocycles. The fraction of sp³-hybridized carbons (Fsp3) is 0.562. The molecule has 0 bridgehead atoms. The Labute approximate surface area is 114 Å². The van der Waals surface area contributed by atoms with Gasteiger partial charge in [0.15, 0.2) is 0 Å². The molecule has 1 aliphatic heterocycles. The highest BCUT2D eigenvalue weighted by molar-refractivity contribution is 5.84. The van der Waals surface area contributed by atoms with Gasteiger partial charge >= 0.3 is 0 Å². The van der Waals surface area contributed by atoms with Crippen LogP contribution in [0.1, 0.15) is 43.4 Å². The Hall–Kier alpha value is -1.35. The summed E-state index contributed by atoms with van der Waals surface area (Å²) in [6.45, 7) is 3.93. The first kappa shape index (κ1) is 12.7. The summed E-state index contributed by atoms with van der Waals surface area (Å²) in [5.74, 6) is 0.131. The fourth-order valence-electron chi connectivity index (χ4n) is 2.95. The number of amides is 1. The van der Waals surface area contributed by atoms with E-state index < -0.39 is 0 Å². The second-order valence-electron chi connectivity index (χ2n) is 5.91. The molecule has 0 saturated heterocycles. The monoisotopic (exact) mass is 258 g/mol. The zero-order valence-electron chi connectivity index (χ0n) is 11.5. The van der Waals surface area contributed by atoms with Crippen LogP contribution in [0.15, 0.2) is 24.3 Å². The van der Waals surface area contributed by atoms with Crippen molar-refractivity contribution in [3.8, 4) is 0 Å². The summed E-state index contributed by atoms with van der Waals surface area (Å²) in [6.07, 6.45) is 4.71. The fourth-order valence-corrected chi connectivity index (χ4v) is 2.95. The molecule has 3 rings (SSSR count). The number of carbonyl (C=O) groups excluding carboxylic acids is 1. The molecule has 1 saturated carbocycles. The van der Waals surface area contributed by atoms with Crippen LogP contribution < -0.4 is 10.6 Å². The molecule has 3 nitrogen and oxygen atoms in total. The van der Waals surface area contributed by atoms with E-state index in [1.165, 1.54) is 24.8 Å². The summed E-state index contributed by atoms with van der Waals surface area (Å²) >= 11 is 0. The van der Waals surface area contributed by atoms with Gasteiger partial charge in [-0.3, -0.25) is 4.79 Å². The zero-order valence-corrected chi connectivity index (χ0v) is 11.5. The molecule has 1 amide bonds. The maximum absolute atomic E-state index is 12.4. The number of hydrogen-bond donors (Lipinski definition) is 2. The Morgan fingerprint density at radius 1 is 1.42 bits per heavy atom. The van der Waals surface area contributed by atoms with Gasteiger partial charge in [-0.1, -0.05) is 31.2 Å². The number of hydrogen-bond acceptors (Lipinski definition) is 2.